The van der Waals surface area contributed by atoms with Crippen LogP contribution in [0.5, 0.6) is 0 Å². The molecule has 4 aromatic heterocycles. The van der Waals surface area contributed by atoms with Crippen LogP contribution in [0.15, 0.2) is 61.3 Å². The Morgan fingerprint density at radius 3 is 2.77 bits per heavy atom. The molecule has 5 heterocycles. The van der Waals surface area contributed by atoms with E-state index >= 15 is 0 Å². The first-order valence-electron chi connectivity index (χ1n) is 10.4. The van der Waals surface area contributed by atoms with Gasteiger partial charge in [0.05, 0.1) is 22.0 Å². The number of benzene rings is 1. The van der Waals surface area contributed by atoms with Crippen molar-refractivity contribution in [2.45, 2.75) is 18.4 Å². The molecular weight excluding hydrogens is 388 g/mol. The number of aromatic amines is 2. The van der Waals surface area contributed by atoms with Crippen molar-refractivity contribution in [3.05, 3.63) is 67.1 Å². The average Bonchev–Trinajstić information content (AvgIpc) is 3.47. The van der Waals surface area contributed by atoms with Gasteiger partial charge in [-0.1, -0.05) is 18.2 Å². The summed E-state index contributed by atoms with van der Waals surface area (Å²) in [6.45, 7) is 1.61. The number of hydrogen-bond donors (Lipinski definition) is 3. The number of aromatic nitrogens is 6. The van der Waals surface area contributed by atoms with Crippen molar-refractivity contribution in [2.75, 3.05) is 18.0 Å². The number of H-pyrrole nitrogens is 2. The summed E-state index contributed by atoms with van der Waals surface area (Å²) in [5.74, 6) is 1.80. The summed E-state index contributed by atoms with van der Waals surface area (Å²) in [7, 11) is 0. The normalized spacial score (nSPS) is 16.2. The predicted octanol–water partition coefficient (Wildman–Crippen LogP) is 3.35. The van der Waals surface area contributed by atoms with Gasteiger partial charge in [0.1, 0.15) is 23.6 Å². The molecule has 1 saturated heterocycles. The first-order chi connectivity index (χ1) is 15.2. The number of piperidine rings is 1. The minimum atomic E-state index is -0.508. The predicted molar refractivity (Wildman–Crippen MR) is 121 cm³/mol. The van der Waals surface area contributed by atoms with Crippen molar-refractivity contribution in [3.63, 3.8) is 0 Å². The van der Waals surface area contributed by atoms with E-state index < -0.39 is 5.54 Å². The minimum Gasteiger partial charge on any atom is -0.356 e. The second-order valence-electron chi connectivity index (χ2n) is 8.11. The number of fused-ring (bicyclic) bond motifs is 2. The molecule has 5 aromatic rings. The van der Waals surface area contributed by atoms with E-state index in [0.717, 1.165) is 70.8 Å². The largest absolute Gasteiger partial charge is 0.356 e. The zero-order chi connectivity index (χ0) is 20.8. The number of hydrogen-bond acceptors (Lipinski definition) is 6. The smallest absolute Gasteiger partial charge is 0.142 e. The third-order valence-electron chi connectivity index (χ3n) is 6.24. The van der Waals surface area contributed by atoms with Crippen LogP contribution < -0.4 is 10.6 Å². The van der Waals surface area contributed by atoms with Crippen molar-refractivity contribution < 1.29 is 0 Å². The van der Waals surface area contributed by atoms with Crippen LogP contribution in [-0.2, 0) is 5.54 Å². The molecule has 0 atom stereocenters. The Bertz CT molecular complexity index is 1360. The highest BCUT2D eigenvalue weighted by Crippen LogP contribution is 2.35. The fourth-order valence-corrected chi connectivity index (χ4v) is 4.49. The van der Waals surface area contributed by atoms with Gasteiger partial charge in [-0.2, -0.15) is 0 Å². The summed E-state index contributed by atoms with van der Waals surface area (Å²) >= 11 is 0. The van der Waals surface area contributed by atoms with Gasteiger partial charge in [-0.05, 0) is 31.0 Å². The summed E-state index contributed by atoms with van der Waals surface area (Å²) in [4.78, 5) is 27.0. The SMILES string of the molecule is NC1(c2nc3c(-c4cccnc4)cccc3[nH]2)CCN(c2ncnc3[nH]ccc23)CC1. The van der Waals surface area contributed by atoms with Crippen molar-refractivity contribution in [1.82, 2.24) is 29.9 Å². The van der Waals surface area contributed by atoms with Crippen LogP contribution in [0.25, 0.3) is 33.2 Å². The van der Waals surface area contributed by atoms with Crippen LogP contribution in [0.2, 0.25) is 0 Å². The van der Waals surface area contributed by atoms with Gasteiger partial charge in [-0.15, -0.1) is 0 Å². The van der Waals surface area contributed by atoms with E-state index in [1.54, 1.807) is 12.5 Å². The van der Waals surface area contributed by atoms with Gasteiger partial charge < -0.3 is 20.6 Å². The quantitative estimate of drug-likeness (QED) is 0.420. The Kier molecular flexibility index (Phi) is 4.00. The van der Waals surface area contributed by atoms with E-state index in [4.69, 9.17) is 10.7 Å². The molecule has 0 amide bonds. The second-order valence-corrected chi connectivity index (χ2v) is 8.11. The molecule has 0 unspecified atom stereocenters. The van der Waals surface area contributed by atoms with Crippen LogP contribution in [0.3, 0.4) is 0 Å². The van der Waals surface area contributed by atoms with E-state index in [1.165, 1.54) is 0 Å². The Balaban J connectivity index is 1.31. The van der Waals surface area contributed by atoms with Crippen LogP contribution in [0.1, 0.15) is 18.7 Å². The molecule has 0 saturated carbocycles. The molecule has 1 aliphatic rings. The molecule has 31 heavy (non-hydrogen) atoms. The molecule has 8 nitrogen and oxygen atoms in total. The maximum Gasteiger partial charge on any atom is 0.142 e. The highest BCUT2D eigenvalue weighted by molar-refractivity contribution is 5.92. The lowest BCUT2D eigenvalue weighted by Gasteiger charge is -2.38. The molecular formula is C23H22N8. The van der Waals surface area contributed by atoms with Gasteiger partial charge in [-0.3, -0.25) is 4.98 Å². The molecule has 0 spiro atoms. The Labute approximate surface area is 178 Å². The number of nitrogens with zero attached hydrogens (tertiary/aromatic N) is 5. The molecule has 4 N–H and O–H groups in total. The number of rotatable bonds is 3. The van der Waals surface area contributed by atoms with Gasteiger partial charge in [-0.25, -0.2) is 15.0 Å². The highest BCUT2D eigenvalue weighted by atomic mass is 15.2. The van der Waals surface area contributed by atoms with Gasteiger partial charge in [0, 0.05) is 42.8 Å². The molecule has 1 aliphatic heterocycles. The van der Waals surface area contributed by atoms with Gasteiger partial charge in [0.2, 0.25) is 0 Å². The maximum absolute atomic E-state index is 6.89. The number of pyridine rings is 1. The number of anilines is 1. The third kappa shape index (κ3) is 2.95. The molecule has 0 aliphatic carbocycles. The summed E-state index contributed by atoms with van der Waals surface area (Å²) in [6, 6.07) is 12.2. The molecule has 0 bridgehead atoms. The van der Waals surface area contributed by atoms with Gasteiger partial charge >= 0.3 is 0 Å². The second kappa shape index (κ2) is 6.88. The summed E-state index contributed by atoms with van der Waals surface area (Å²) < 4.78 is 0. The fourth-order valence-electron chi connectivity index (χ4n) is 4.49. The minimum absolute atomic E-state index is 0.508. The third-order valence-corrected chi connectivity index (χ3v) is 6.24. The molecule has 154 valence electrons. The van der Waals surface area contributed by atoms with E-state index in [9.17, 15) is 0 Å². The number of nitrogens with one attached hydrogen (secondary N) is 2. The number of para-hydroxylation sites is 1. The molecule has 8 heteroatoms. The van der Waals surface area contributed by atoms with E-state index in [1.807, 2.05) is 36.7 Å². The van der Waals surface area contributed by atoms with Crippen molar-refractivity contribution in [2.24, 2.45) is 5.73 Å². The Morgan fingerprint density at radius 2 is 1.94 bits per heavy atom. The van der Waals surface area contributed by atoms with Crippen molar-refractivity contribution >= 4 is 27.9 Å². The summed E-state index contributed by atoms with van der Waals surface area (Å²) in [6.07, 6.45) is 8.71. The van der Waals surface area contributed by atoms with Crippen LogP contribution in [0, 0.1) is 0 Å². The van der Waals surface area contributed by atoms with Crippen LogP contribution >= 0.6 is 0 Å². The van der Waals surface area contributed by atoms with E-state index in [0.29, 0.717) is 0 Å². The molecule has 1 fully saturated rings. The monoisotopic (exact) mass is 410 g/mol. The van der Waals surface area contributed by atoms with E-state index in [-0.39, 0.29) is 0 Å². The van der Waals surface area contributed by atoms with Crippen LogP contribution in [-0.4, -0.2) is 43.0 Å². The Hall–Kier alpha value is -3.78. The highest BCUT2D eigenvalue weighted by Gasteiger charge is 2.36. The zero-order valence-corrected chi connectivity index (χ0v) is 16.9. The lowest BCUT2D eigenvalue weighted by Crippen LogP contribution is -2.49. The Morgan fingerprint density at radius 1 is 1.03 bits per heavy atom. The van der Waals surface area contributed by atoms with Gasteiger partial charge in [0.25, 0.3) is 0 Å². The lowest BCUT2D eigenvalue weighted by atomic mass is 9.88. The maximum atomic E-state index is 6.89. The molecule has 0 radical (unpaired) electrons. The van der Waals surface area contributed by atoms with Crippen molar-refractivity contribution in [1.29, 1.82) is 0 Å². The average molecular weight is 410 g/mol. The topological polar surface area (TPSA) is 112 Å². The summed E-state index contributed by atoms with van der Waals surface area (Å²) in [5, 5.41) is 1.04. The zero-order valence-electron chi connectivity index (χ0n) is 16.9. The fraction of sp³-hybridized carbons (Fsp3) is 0.217. The molecule has 6 rings (SSSR count). The van der Waals surface area contributed by atoms with Crippen molar-refractivity contribution in [3.8, 4) is 11.1 Å². The van der Waals surface area contributed by atoms with E-state index in [2.05, 4.69) is 42.0 Å². The lowest BCUT2D eigenvalue weighted by molar-refractivity contribution is 0.327. The van der Waals surface area contributed by atoms with Gasteiger partial charge in [0.15, 0.2) is 0 Å². The standard InChI is InChI=1S/C23H22N8/c24-23(7-11-31(12-8-23)21-17-6-10-26-20(17)27-14-28-21)22-29-18-5-1-4-16(19(18)30-22)15-3-2-9-25-13-15/h1-6,9-10,13-14H,7-8,11-12,24H2,(H,29,30)(H,26,27,28). The molecule has 1 aromatic carbocycles. The number of nitrogens with two attached hydrogens (primary N) is 1. The number of imidazole rings is 1. The first-order valence-corrected chi connectivity index (χ1v) is 10.4. The first kappa shape index (κ1) is 18.0. The summed E-state index contributed by atoms with van der Waals surface area (Å²) in [5.41, 5.74) is 11.3. The van der Waals surface area contributed by atoms with Crippen LogP contribution in [0.4, 0.5) is 5.82 Å².